The highest BCUT2D eigenvalue weighted by atomic mass is 79.9. The van der Waals surface area contributed by atoms with Gasteiger partial charge in [0.15, 0.2) is 0 Å². The average molecular weight is 319 g/mol. The summed E-state index contributed by atoms with van der Waals surface area (Å²) in [6.45, 7) is 4.66. The maximum atomic E-state index is 6.13. The van der Waals surface area contributed by atoms with Crippen LogP contribution in [0.4, 0.5) is 0 Å². The van der Waals surface area contributed by atoms with Crippen LogP contribution in [0.5, 0.6) is 5.75 Å². The summed E-state index contributed by atoms with van der Waals surface area (Å²) in [5.41, 5.74) is 1.06. The number of nitrogens with one attached hydrogen (secondary N) is 1. The van der Waals surface area contributed by atoms with Gasteiger partial charge in [0.1, 0.15) is 12.4 Å². The SMILES string of the molecule is Cc1cc(Br)cc(Cl)c1OCCNCC1CC1. The molecule has 1 saturated carbocycles. The number of aryl methyl sites for hydroxylation is 1. The molecule has 0 spiro atoms. The molecule has 2 nitrogen and oxygen atoms in total. The van der Waals surface area contributed by atoms with E-state index in [1.807, 2.05) is 19.1 Å². The van der Waals surface area contributed by atoms with Gasteiger partial charge in [-0.1, -0.05) is 27.5 Å². The Hall–Kier alpha value is -0.250. The van der Waals surface area contributed by atoms with E-state index in [2.05, 4.69) is 21.2 Å². The predicted molar refractivity (Wildman–Crippen MR) is 75.0 cm³/mol. The lowest BCUT2D eigenvalue weighted by Crippen LogP contribution is -2.23. The molecule has 1 aromatic rings. The highest BCUT2D eigenvalue weighted by Crippen LogP contribution is 2.31. The smallest absolute Gasteiger partial charge is 0.140 e. The zero-order valence-electron chi connectivity index (χ0n) is 9.93. The van der Waals surface area contributed by atoms with Gasteiger partial charge in [-0.15, -0.1) is 0 Å². The van der Waals surface area contributed by atoms with E-state index < -0.39 is 0 Å². The van der Waals surface area contributed by atoms with Crippen LogP contribution in [0.25, 0.3) is 0 Å². The first-order valence-electron chi connectivity index (χ1n) is 5.96. The Balaban J connectivity index is 1.77. The lowest BCUT2D eigenvalue weighted by molar-refractivity contribution is 0.311. The highest BCUT2D eigenvalue weighted by molar-refractivity contribution is 9.10. The van der Waals surface area contributed by atoms with Crippen LogP contribution in [0.1, 0.15) is 18.4 Å². The molecule has 2 rings (SSSR count). The van der Waals surface area contributed by atoms with Crippen LogP contribution in [0.2, 0.25) is 5.02 Å². The molecular weight excluding hydrogens is 302 g/mol. The molecule has 17 heavy (non-hydrogen) atoms. The fraction of sp³-hybridized carbons (Fsp3) is 0.538. The van der Waals surface area contributed by atoms with Crippen LogP contribution in [0.15, 0.2) is 16.6 Å². The Kier molecular flexibility index (Phi) is 4.71. The molecule has 0 amide bonds. The number of hydrogen-bond acceptors (Lipinski definition) is 2. The number of hydrogen-bond donors (Lipinski definition) is 1. The predicted octanol–water partition coefficient (Wildman–Crippen LogP) is 3.79. The second-order valence-electron chi connectivity index (χ2n) is 4.53. The molecule has 0 aromatic heterocycles. The maximum absolute atomic E-state index is 6.13. The number of ether oxygens (including phenoxy) is 1. The van der Waals surface area contributed by atoms with Gasteiger partial charge < -0.3 is 10.1 Å². The molecule has 1 aliphatic rings. The molecule has 94 valence electrons. The average Bonchev–Trinajstić information content (AvgIpc) is 3.04. The van der Waals surface area contributed by atoms with Crippen LogP contribution in [0, 0.1) is 12.8 Å². The van der Waals surface area contributed by atoms with Gasteiger partial charge in [-0.2, -0.15) is 0 Å². The first-order chi connectivity index (χ1) is 8.16. The normalized spacial score (nSPS) is 15.0. The molecule has 0 atom stereocenters. The first kappa shape index (κ1) is 13.2. The third kappa shape index (κ3) is 4.16. The molecular formula is C13H17BrClNO. The molecule has 0 bridgehead atoms. The van der Waals surface area contributed by atoms with E-state index in [1.165, 1.54) is 12.8 Å². The minimum absolute atomic E-state index is 0.662. The molecule has 1 aromatic carbocycles. The van der Waals surface area contributed by atoms with Crippen molar-refractivity contribution in [2.75, 3.05) is 19.7 Å². The second-order valence-corrected chi connectivity index (χ2v) is 5.85. The van der Waals surface area contributed by atoms with Gasteiger partial charge in [-0.3, -0.25) is 0 Å². The van der Waals surface area contributed by atoms with Crippen molar-refractivity contribution < 1.29 is 4.74 Å². The molecule has 0 radical (unpaired) electrons. The van der Waals surface area contributed by atoms with E-state index in [0.717, 1.165) is 34.8 Å². The van der Waals surface area contributed by atoms with Crippen molar-refractivity contribution in [1.29, 1.82) is 0 Å². The summed E-state index contributed by atoms with van der Waals surface area (Å²) in [6, 6.07) is 3.88. The maximum Gasteiger partial charge on any atom is 0.140 e. The molecule has 0 unspecified atom stereocenters. The number of benzene rings is 1. The van der Waals surface area contributed by atoms with Crippen molar-refractivity contribution in [2.24, 2.45) is 5.92 Å². The van der Waals surface area contributed by atoms with Gasteiger partial charge in [0.05, 0.1) is 5.02 Å². The first-order valence-corrected chi connectivity index (χ1v) is 7.13. The lowest BCUT2D eigenvalue weighted by Gasteiger charge is -2.12. The van der Waals surface area contributed by atoms with Crippen molar-refractivity contribution in [2.45, 2.75) is 19.8 Å². The van der Waals surface area contributed by atoms with Crippen molar-refractivity contribution in [3.05, 3.63) is 27.2 Å². The molecule has 0 heterocycles. The van der Waals surface area contributed by atoms with Crippen molar-refractivity contribution in [3.8, 4) is 5.75 Å². The molecule has 0 aliphatic heterocycles. The summed E-state index contributed by atoms with van der Waals surface area (Å²) >= 11 is 9.54. The summed E-state index contributed by atoms with van der Waals surface area (Å²) in [4.78, 5) is 0. The topological polar surface area (TPSA) is 21.3 Å². The summed E-state index contributed by atoms with van der Waals surface area (Å²) in [7, 11) is 0. The van der Waals surface area contributed by atoms with Crippen LogP contribution in [0.3, 0.4) is 0 Å². The van der Waals surface area contributed by atoms with E-state index in [1.54, 1.807) is 0 Å². The van der Waals surface area contributed by atoms with Crippen LogP contribution < -0.4 is 10.1 Å². The van der Waals surface area contributed by atoms with Gasteiger partial charge in [-0.25, -0.2) is 0 Å². The summed E-state index contributed by atoms with van der Waals surface area (Å²) in [6.07, 6.45) is 2.76. The van der Waals surface area contributed by atoms with Crippen molar-refractivity contribution in [3.63, 3.8) is 0 Å². The van der Waals surface area contributed by atoms with Gasteiger partial charge in [0, 0.05) is 11.0 Å². The molecule has 1 N–H and O–H groups in total. The Labute approximate surface area is 116 Å². The van der Waals surface area contributed by atoms with E-state index in [-0.39, 0.29) is 0 Å². The Morgan fingerprint density at radius 1 is 1.47 bits per heavy atom. The van der Waals surface area contributed by atoms with E-state index in [9.17, 15) is 0 Å². The minimum atomic E-state index is 0.662. The third-order valence-corrected chi connectivity index (χ3v) is 3.59. The zero-order chi connectivity index (χ0) is 12.3. The molecule has 4 heteroatoms. The Morgan fingerprint density at radius 2 is 2.24 bits per heavy atom. The van der Waals surface area contributed by atoms with Crippen LogP contribution >= 0.6 is 27.5 Å². The fourth-order valence-corrected chi connectivity index (χ4v) is 2.75. The van der Waals surface area contributed by atoms with Gasteiger partial charge in [0.2, 0.25) is 0 Å². The molecule has 1 aliphatic carbocycles. The quantitative estimate of drug-likeness (QED) is 0.806. The fourth-order valence-electron chi connectivity index (χ4n) is 1.73. The lowest BCUT2D eigenvalue weighted by atomic mass is 10.2. The summed E-state index contributed by atoms with van der Waals surface area (Å²) in [5, 5.41) is 4.06. The van der Waals surface area contributed by atoms with E-state index in [4.69, 9.17) is 16.3 Å². The number of halogens is 2. The number of rotatable bonds is 6. The highest BCUT2D eigenvalue weighted by Gasteiger charge is 2.19. The van der Waals surface area contributed by atoms with Gasteiger partial charge in [0.25, 0.3) is 0 Å². The largest absolute Gasteiger partial charge is 0.490 e. The minimum Gasteiger partial charge on any atom is -0.490 e. The summed E-state index contributed by atoms with van der Waals surface area (Å²) in [5.74, 6) is 1.70. The van der Waals surface area contributed by atoms with Gasteiger partial charge in [-0.05, 0) is 49.9 Å². The Bertz CT molecular complexity index is 370. The van der Waals surface area contributed by atoms with Crippen molar-refractivity contribution in [1.82, 2.24) is 5.32 Å². The van der Waals surface area contributed by atoms with E-state index in [0.29, 0.717) is 11.6 Å². The third-order valence-electron chi connectivity index (χ3n) is 2.85. The standard InChI is InChI=1S/C13H17BrClNO/c1-9-6-11(14)7-12(15)13(9)17-5-4-16-8-10-2-3-10/h6-7,10,16H,2-5,8H2,1H3. The molecule has 1 fully saturated rings. The summed E-state index contributed by atoms with van der Waals surface area (Å²) < 4.78 is 6.69. The monoisotopic (exact) mass is 317 g/mol. The van der Waals surface area contributed by atoms with E-state index >= 15 is 0 Å². The molecule has 0 saturated heterocycles. The zero-order valence-corrected chi connectivity index (χ0v) is 12.3. The van der Waals surface area contributed by atoms with Crippen molar-refractivity contribution >= 4 is 27.5 Å². The van der Waals surface area contributed by atoms with Crippen LogP contribution in [-0.4, -0.2) is 19.7 Å². The second kappa shape index (κ2) is 6.07. The van der Waals surface area contributed by atoms with Gasteiger partial charge >= 0.3 is 0 Å². The Morgan fingerprint density at radius 3 is 2.88 bits per heavy atom. The van der Waals surface area contributed by atoms with Crippen LogP contribution in [-0.2, 0) is 0 Å².